The molecular weight excluding hydrogens is 572 g/mol. The van der Waals surface area contributed by atoms with E-state index in [1.807, 2.05) is 66.2 Å². The third-order valence-corrected chi connectivity index (χ3v) is 8.53. The number of aliphatic carboxylic acids is 1. The molecule has 230 valence electrons. The van der Waals surface area contributed by atoms with Gasteiger partial charge in [0.25, 0.3) is 5.91 Å². The van der Waals surface area contributed by atoms with Crippen LogP contribution in [-0.2, 0) is 34.3 Å². The minimum Gasteiger partial charge on any atom is -0.480 e. The largest absolute Gasteiger partial charge is 0.480 e. The van der Waals surface area contributed by atoms with Crippen molar-refractivity contribution >= 4 is 32.8 Å². The number of carboxylic acid groups (broad SMARTS) is 1. The van der Waals surface area contributed by atoms with Crippen molar-refractivity contribution in [2.24, 2.45) is 0 Å². The van der Waals surface area contributed by atoms with Crippen LogP contribution in [0.2, 0.25) is 0 Å². The van der Waals surface area contributed by atoms with Crippen LogP contribution in [0.15, 0.2) is 71.8 Å². The van der Waals surface area contributed by atoms with E-state index in [2.05, 4.69) is 26.0 Å². The molecule has 0 saturated carbocycles. The topological polar surface area (TPSA) is 171 Å². The Bertz CT molecular complexity index is 1620. The minimum absolute atomic E-state index is 0.0993. The summed E-state index contributed by atoms with van der Waals surface area (Å²) in [5.74, 6) is -2.44. The molecule has 1 aliphatic heterocycles. The maximum Gasteiger partial charge on any atom is 0.323 e. The molecule has 43 heavy (non-hydrogen) atoms. The van der Waals surface area contributed by atoms with Gasteiger partial charge in [-0.1, -0.05) is 55.8 Å². The number of nitrogens with one attached hydrogen (secondary N) is 5. The van der Waals surface area contributed by atoms with Gasteiger partial charge in [0.05, 0.1) is 11.3 Å². The molecule has 0 aliphatic carbocycles. The molecule has 2 aromatic carbocycles. The summed E-state index contributed by atoms with van der Waals surface area (Å²) < 4.78 is 28.5. The summed E-state index contributed by atoms with van der Waals surface area (Å²) in [7, 11) is -3.86. The Labute approximate surface area is 250 Å². The number of fused-ring (bicyclic) bond motifs is 1. The Morgan fingerprint density at radius 1 is 1.14 bits per heavy atom. The molecule has 0 radical (unpaired) electrons. The fourth-order valence-electron chi connectivity index (χ4n) is 4.69. The van der Waals surface area contributed by atoms with Crippen LogP contribution in [0.1, 0.15) is 41.3 Å². The van der Waals surface area contributed by atoms with E-state index in [1.165, 1.54) is 6.20 Å². The zero-order chi connectivity index (χ0) is 30.8. The summed E-state index contributed by atoms with van der Waals surface area (Å²) >= 11 is 0. The van der Waals surface area contributed by atoms with E-state index in [4.69, 9.17) is 0 Å². The van der Waals surface area contributed by atoms with Gasteiger partial charge in [0.1, 0.15) is 17.9 Å². The fraction of sp³-hybridized carbons (Fsp3) is 0.367. The maximum atomic E-state index is 13.5. The number of pyridine rings is 1. The van der Waals surface area contributed by atoms with Crippen LogP contribution in [0.3, 0.4) is 0 Å². The summed E-state index contributed by atoms with van der Waals surface area (Å²) in [6.45, 7) is 3.04. The van der Waals surface area contributed by atoms with Gasteiger partial charge in [-0.05, 0) is 42.3 Å². The number of rotatable bonds is 15. The summed E-state index contributed by atoms with van der Waals surface area (Å²) in [4.78, 5) is 38.5. The monoisotopic (exact) mass is 610 g/mol. The van der Waals surface area contributed by atoms with Gasteiger partial charge in [0.15, 0.2) is 0 Å². The van der Waals surface area contributed by atoms with Crippen molar-refractivity contribution in [3.05, 3.63) is 93.9 Å². The molecule has 13 heteroatoms. The summed E-state index contributed by atoms with van der Waals surface area (Å²) in [5, 5.41) is 22.2. The predicted molar refractivity (Wildman–Crippen MR) is 165 cm³/mol. The van der Waals surface area contributed by atoms with Gasteiger partial charge >= 0.3 is 5.97 Å². The van der Waals surface area contributed by atoms with E-state index in [0.29, 0.717) is 43.3 Å². The molecule has 3 aromatic rings. The number of unbranched alkanes of at least 4 members (excludes halogenated alkanes) is 1. The number of carboxylic acids is 1. The molecule has 1 amide bonds. The van der Waals surface area contributed by atoms with Gasteiger partial charge in [0.2, 0.25) is 15.5 Å². The lowest BCUT2D eigenvalue weighted by molar-refractivity contribution is -0.138. The smallest absolute Gasteiger partial charge is 0.323 e. The average molecular weight is 611 g/mol. The molecule has 0 spiro atoms. The van der Waals surface area contributed by atoms with Gasteiger partial charge in [-0.3, -0.25) is 25.0 Å². The summed E-state index contributed by atoms with van der Waals surface area (Å²) in [6, 6.07) is 13.7. The van der Waals surface area contributed by atoms with Crippen LogP contribution in [0.25, 0.3) is 10.9 Å². The Kier molecular flexibility index (Phi) is 11.1. The Balaban J connectivity index is 1.58. The number of aromatic nitrogens is 1. The number of sulfonamides is 1. The Hall–Kier alpha value is -4.04. The Morgan fingerprint density at radius 3 is 2.63 bits per heavy atom. The molecular formula is C30H38N6O6S. The molecule has 4 rings (SSSR count). The SMILES string of the molecule is CCCCS(=O)(=O)NC(CNC(=O)c1cn(CCc2ccccc2)c2cc(CNC3NC=CCN3)ccc2c1=O)C(=O)O. The van der Waals surface area contributed by atoms with E-state index in [0.717, 1.165) is 17.7 Å². The van der Waals surface area contributed by atoms with Gasteiger partial charge < -0.3 is 20.3 Å². The molecule has 1 aliphatic rings. The zero-order valence-electron chi connectivity index (χ0n) is 24.0. The van der Waals surface area contributed by atoms with Crippen molar-refractivity contribution in [3.63, 3.8) is 0 Å². The van der Waals surface area contributed by atoms with Crippen molar-refractivity contribution in [3.8, 4) is 0 Å². The van der Waals surface area contributed by atoms with E-state index >= 15 is 0 Å². The lowest BCUT2D eigenvalue weighted by Gasteiger charge is -2.23. The van der Waals surface area contributed by atoms with E-state index in [9.17, 15) is 27.9 Å². The second-order valence-electron chi connectivity index (χ2n) is 10.3. The van der Waals surface area contributed by atoms with Gasteiger partial charge in [-0.15, -0.1) is 0 Å². The molecule has 0 saturated heterocycles. The third-order valence-electron chi connectivity index (χ3n) is 7.06. The van der Waals surface area contributed by atoms with Crippen LogP contribution >= 0.6 is 0 Å². The van der Waals surface area contributed by atoms with Crippen LogP contribution in [-0.4, -0.2) is 61.1 Å². The molecule has 2 atom stereocenters. The number of amides is 1. The second-order valence-corrected chi connectivity index (χ2v) is 12.2. The quantitative estimate of drug-likeness (QED) is 0.148. The predicted octanol–water partition coefficient (Wildman–Crippen LogP) is 1.23. The van der Waals surface area contributed by atoms with Crippen LogP contribution in [0.5, 0.6) is 0 Å². The Morgan fingerprint density at radius 2 is 1.93 bits per heavy atom. The summed E-state index contributed by atoms with van der Waals surface area (Å²) in [6.07, 6.45) is 6.87. The normalized spacial score (nSPS) is 15.6. The summed E-state index contributed by atoms with van der Waals surface area (Å²) in [5.41, 5.74) is 2.02. The highest BCUT2D eigenvalue weighted by Gasteiger charge is 2.25. The maximum absolute atomic E-state index is 13.5. The molecule has 6 N–H and O–H groups in total. The van der Waals surface area contributed by atoms with Crippen molar-refractivity contribution in [2.45, 2.75) is 51.6 Å². The first-order valence-electron chi connectivity index (χ1n) is 14.3. The van der Waals surface area contributed by atoms with E-state index < -0.39 is 39.9 Å². The number of benzene rings is 2. The number of nitrogens with zero attached hydrogens (tertiary/aromatic N) is 1. The fourth-order valence-corrected chi connectivity index (χ4v) is 6.09. The first-order chi connectivity index (χ1) is 20.7. The van der Waals surface area contributed by atoms with Crippen molar-refractivity contribution in [2.75, 3.05) is 18.8 Å². The van der Waals surface area contributed by atoms with Crippen LogP contribution in [0, 0.1) is 0 Å². The first kappa shape index (κ1) is 31.9. The highest BCUT2D eigenvalue weighted by atomic mass is 32.2. The van der Waals surface area contributed by atoms with Gasteiger partial charge in [-0.2, -0.15) is 4.72 Å². The molecule has 2 unspecified atom stereocenters. The number of carbonyl (C=O) groups excluding carboxylic acids is 1. The number of hydrogen-bond acceptors (Lipinski definition) is 8. The average Bonchev–Trinajstić information content (AvgIpc) is 3.01. The number of hydrogen-bond donors (Lipinski definition) is 6. The van der Waals surface area contributed by atoms with Crippen LogP contribution in [0.4, 0.5) is 0 Å². The van der Waals surface area contributed by atoms with Gasteiger partial charge in [0, 0.05) is 37.8 Å². The van der Waals surface area contributed by atoms with Crippen molar-refractivity contribution in [1.29, 1.82) is 0 Å². The molecule has 0 fully saturated rings. The first-order valence-corrected chi connectivity index (χ1v) is 15.9. The lowest BCUT2D eigenvalue weighted by atomic mass is 10.1. The van der Waals surface area contributed by atoms with E-state index in [1.54, 1.807) is 6.07 Å². The second kappa shape index (κ2) is 14.9. The molecule has 0 bridgehead atoms. The van der Waals surface area contributed by atoms with Crippen molar-refractivity contribution < 1.29 is 23.1 Å². The molecule has 2 heterocycles. The minimum atomic E-state index is -3.86. The highest BCUT2D eigenvalue weighted by Crippen LogP contribution is 2.16. The number of aryl methyl sites for hydroxylation is 2. The number of carbonyl (C=O) groups is 2. The van der Waals surface area contributed by atoms with Crippen molar-refractivity contribution in [1.82, 2.24) is 30.6 Å². The molecule has 1 aromatic heterocycles. The van der Waals surface area contributed by atoms with Gasteiger partial charge in [-0.25, -0.2) is 8.42 Å². The molecule has 12 nitrogen and oxygen atoms in total. The van der Waals surface area contributed by atoms with E-state index in [-0.39, 0.29) is 17.6 Å². The van der Waals surface area contributed by atoms with Crippen LogP contribution < -0.4 is 31.4 Å². The standard InChI is InChI=1S/C30H38N6O6S/c1-2-3-16-43(41,42)35-25(29(39)40)19-33-28(38)24-20-36(15-12-21-8-5-4-6-9-21)26-17-22(10-11-23(26)27(24)37)18-34-30-31-13-7-14-32-30/h4-11,13,17,20,25,30-32,34-35H,2-3,12,14-16,18-19H2,1H3,(H,33,38)(H,39,40). The third kappa shape index (κ3) is 8.97. The zero-order valence-corrected chi connectivity index (χ0v) is 24.8. The highest BCUT2D eigenvalue weighted by molar-refractivity contribution is 7.89. The lowest BCUT2D eigenvalue weighted by Crippen LogP contribution is -2.52.